The highest BCUT2D eigenvalue weighted by molar-refractivity contribution is 7.09. The van der Waals surface area contributed by atoms with Crippen molar-refractivity contribution in [2.45, 2.75) is 13.5 Å². The van der Waals surface area contributed by atoms with Crippen LogP contribution in [0.25, 0.3) is 0 Å². The zero-order valence-electron chi connectivity index (χ0n) is 10.6. The number of nitrogens with zero attached hydrogens (tertiary/aromatic N) is 1. The van der Waals surface area contributed by atoms with Gasteiger partial charge < -0.3 is 15.2 Å². The van der Waals surface area contributed by atoms with Crippen molar-refractivity contribution < 1.29 is 14.6 Å². The first-order chi connectivity index (χ1) is 9.10. The molecule has 0 atom stereocenters. The summed E-state index contributed by atoms with van der Waals surface area (Å²) in [6, 6.07) is 4.53. The number of aryl methyl sites for hydroxylation is 1. The van der Waals surface area contributed by atoms with Crippen LogP contribution in [0.1, 0.15) is 21.1 Å². The van der Waals surface area contributed by atoms with E-state index < -0.39 is 0 Å². The molecule has 2 aromatic rings. The number of amides is 1. The second kappa shape index (κ2) is 5.71. The van der Waals surface area contributed by atoms with Crippen LogP contribution in [-0.2, 0) is 6.54 Å². The number of hydrogen-bond acceptors (Lipinski definition) is 5. The Hall–Kier alpha value is -2.08. The Labute approximate surface area is 114 Å². The van der Waals surface area contributed by atoms with E-state index in [0.717, 1.165) is 10.7 Å². The molecule has 0 aliphatic rings. The van der Waals surface area contributed by atoms with Crippen LogP contribution in [0.4, 0.5) is 0 Å². The minimum absolute atomic E-state index is 0.0553. The van der Waals surface area contributed by atoms with Crippen LogP contribution in [0, 0.1) is 6.92 Å². The van der Waals surface area contributed by atoms with Crippen molar-refractivity contribution in [1.82, 2.24) is 10.3 Å². The van der Waals surface area contributed by atoms with Crippen molar-refractivity contribution in [3.05, 3.63) is 39.8 Å². The molecule has 0 unspecified atom stereocenters. The maximum Gasteiger partial charge on any atom is 0.251 e. The smallest absolute Gasteiger partial charge is 0.251 e. The largest absolute Gasteiger partial charge is 0.504 e. The van der Waals surface area contributed by atoms with Gasteiger partial charge in [-0.1, -0.05) is 0 Å². The lowest BCUT2D eigenvalue weighted by Crippen LogP contribution is -2.22. The lowest BCUT2D eigenvalue weighted by atomic mass is 10.2. The third kappa shape index (κ3) is 3.23. The number of phenolic OH excluding ortho intramolecular Hbond substituents is 1. The summed E-state index contributed by atoms with van der Waals surface area (Å²) in [5.74, 6) is 0.0261. The van der Waals surface area contributed by atoms with Gasteiger partial charge in [-0.15, -0.1) is 11.3 Å². The molecule has 0 spiro atoms. The van der Waals surface area contributed by atoms with Crippen molar-refractivity contribution in [2.75, 3.05) is 7.11 Å². The molecule has 0 fully saturated rings. The fourth-order valence-electron chi connectivity index (χ4n) is 1.57. The minimum Gasteiger partial charge on any atom is -0.504 e. The topological polar surface area (TPSA) is 71.5 Å². The predicted molar refractivity (Wildman–Crippen MR) is 72.7 cm³/mol. The first-order valence-electron chi connectivity index (χ1n) is 5.66. The molecule has 100 valence electrons. The molecule has 2 N–H and O–H groups in total. The van der Waals surface area contributed by atoms with Gasteiger partial charge >= 0.3 is 0 Å². The quantitative estimate of drug-likeness (QED) is 0.898. The van der Waals surface area contributed by atoms with E-state index in [-0.39, 0.29) is 11.7 Å². The molecule has 1 aromatic heterocycles. The maximum atomic E-state index is 11.9. The summed E-state index contributed by atoms with van der Waals surface area (Å²) in [6.07, 6.45) is 0. The number of rotatable bonds is 4. The summed E-state index contributed by atoms with van der Waals surface area (Å²) in [6.45, 7) is 2.29. The Kier molecular flexibility index (Phi) is 4.01. The van der Waals surface area contributed by atoms with Crippen LogP contribution in [0.2, 0.25) is 0 Å². The van der Waals surface area contributed by atoms with Gasteiger partial charge in [0.05, 0.1) is 13.7 Å². The molecule has 0 saturated heterocycles. The number of ether oxygens (including phenoxy) is 1. The number of carbonyl (C=O) groups is 1. The normalized spacial score (nSPS) is 10.2. The lowest BCUT2D eigenvalue weighted by molar-refractivity contribution is 0.0950. The molecule has 0 aliphatic carbocycles. The lowest BCUT2D eigenvalue weighted by Gasteiger charge is -2.06. The minimum atomic E-state index is -0.259. The number of phenols is 1. The van der Waals surface area contributed by atoms with Crippen LogP contribution in [0.5, 0.6) is 11.5 Å². The van der Waals surface area contributed by atoms with Crippen molar-refractivity contribution in [3.63, 3.8) is 0 Å². The predicted octanol–water partition coefficient (Wildman–Crippen LogP) is 2.10. The van der Waals surface area contributed by atoms with E-state index in [0.29, 0.717) is 17.9 Å². The SMILES string of the molecule is COc1ccc(C(=O)NCc2nc(C)cs2)cc1O. The third-order valence-corrected chi connectivity index (χ3v) is 3.47. The second-order valence-corrected chi connectivity index (χ2v) is 4.89. The molecule has 6 heteroatoms. The summed E-state index contributed by atoms with van der Waals surface area (Å²) in [4.78, 5) is 16.1. The number of benzene rings is 1. The van der Waals surface area contributed by atoms with Gasteiger partial charge in [0.15, 0.2) is 11.5 Å². The number of carbonyl (C=O) groups excluding carboxylic acids is 1. The van der Waals surface area contributed by atoms with E-state index in [1.54, 1.807) is 12.1 Å². The Bertz CT molecular complexity index is 595. The zero-order valence-corrected chi connectivity index (χ0v) is 11.5. The van der Waals surface area contributed by atoms with Crippen molar-refractivity contribution >= 4 is 17.2 Å². The Balaban J connectivity index is 2.01. The van der Waals surface area contributed by atoms with Gasteiger partial charge in [-0.25, -0.2) is 4.98 Å². The molecule has 2 rings (SSSR count). The third-order valence-electron chi connectivity index (χ3n) is 2.51. The average Bonchev–Trinajstić information content (AvgIpc) is 2.81. The van der Waals surface area contributed by atoms with Gasteiger partial charge in [-0.2, -0.15) is 0 Å². The number of nitrogens with one attached hydrogen (secondary N) is 1. The molecule has 0 aliphatic heterocycles. The van der Waals surface area contributed by atoms with Crippen LogP contribution >= 0.6 is 11.3 Å². The Morgan fingerprint density at radius 3 is 2.89 bits per heavy atom. The molecule has 5 nitrogen and oxygen atoms in total. The van der Waals surface area contributed by atoms with Gasteiger partial charge in [0, 0.05) is 16.6 Å². The standard InChI is InChI=1S/C13H14N2O3S/c1-8-7-19-12(15-8)6-14-13(17)9-3-4-11(18-2)10(16)5-9/h3-5,7,16H,6H2,1-2H3,(H,14,17). The highest BCUT2D eigenvalue weighted by atomic mass is 32.1. The average molecular weight is 278 g/mol. The molecular weight excluding hydrogens is 264 g/mol. The molecule has 1 heterocycles. The highest BCUT2D eigenvalue weighted by Crippen LogP contribution is 2.26. The number of hydrogen-bond donors (Lipinski definition) is 2. The highest BCUT2D eigenvalue weighted by Gasteiger charge is 2.10. The van der Waals surface area contributed by atoms with Crippen molar-refractivity contribution in [1.29, 1.82) is 0 Å². The summed E-state index contributed by atoms with van der Waals surface area (Å²) in [7, 11) is 1.46. The Morgan fingerprint density at radius 2 is 2.32 bits per heavy atom. The monoisotopic (exact) mass is 278 g/mol. The van der Waals surface area contributed by atoms with E-state index >= 15 is 0 Å². The van der Waals surface area contributed by atoms with Gasteiger partial charge in [0.1, 0.15) is 5.01 Å². The van der Waals surface area contributed by atoms with Crippen LogP contribution < -0.4 is 10.1 Å². The van der Waals surface area contributed by atoms with Gasteiger partial charge in [0.25, 0.3) is 5.91 Å². The van der Waals surface area contributed by atoms with Gasteiger partial charge in [0.2, 0.25) is 0 Å². The molecule has 0 saturated carbocycles. The van der Waals surface area contributed by atoms with Crippen molar-refractivity contribution in [3.8, 4) is 11.5 Å². The molecule has 1 amide bonds. The van der Waals surface area contributed by atoms with Crippen LogP contribution in [0.3, 0.4) is 0 Å². The first kappa shape index (κ1) is 13.4. The van der Waals surface area contributed by atoms with Gasteiger partial charge in [-0.05, 0) is 25.1 Å². The van der Waals surface area contributed by atoms with E-state index in [1.807, 2.05) is 12.3 Å². The summed E-state index contributed by atoms with van der Waals surface area (Å²) in [5, 5.41) is 15.1. The molecular formula is C13H14N2O3S. The summed E-state index contributed by atoms with van der Waals surface area (Å²) < 4.78 is 4.92. The fraction of sp³-hybridized carbons (Fsp3) is 0.231. The summed E-state index contributed by atoms with van der Waals surface area (Å²) in [5.41, 5.74) is 1.32. The number of thiazole rings is 1. The molecule has 0 radical (unpaired) electrons. The second-order valence-electron chi connectivity index (χ2n) is 3.95. The number of aromatic hydroxyl groups is 1. The van der Waals surface area contributed by atoms with E-state index in [1.165, 1.54) is 24.5 Å². The van der Waals surface area contributed by atoms with Crippen LogP contribution in [0.15, 0.2) is 23.6 Å². The van der Waals surface area contributed by atoms with E-state index in [4.69, 9.17) is 4.74 Å². The van der Waals surface area contributed by atoms with Gasteiger partial charge in [-0.3, -0.25) is 4.79 Å². The number of aromatic nitrogens is 1. The zero-order chi connectivity index (χ0) is 13.8. The maximum absolute atomic E-state index is 11.9. The molecule has 0 bridgehead atoms. The van der Waals surface area contributed by atoms with E-state index in [2.05, 4.69) is 10.3 Å². The first-order valence-corrected chi connectivity index (χ1v) is 6.54. The number of methoxy groups -OCH3 is 1. The summed E-state index contributed by atoms with van der Waals surface area (Å²) >= 11 is 1.50. The fourth-order valence-corrected chi connectivity index (χ4v) is 2.28. The molecule has 1 aromatic carbocycles. The Morgan fingerprint density at radius 1 is 1.53 bits per heavy atom. The van der Waals surface area contributed by atoms with Crippen molar-refractivity contribution in [2.24, 2.45) is 0 Å². The van der Waals surface area contributed by atoms with Crippen LogP contribution in [-0.4, -0.2) is 23.1 Å². The van der Waals surface area contributed by atoms with E-state index in [9.17, 15) is 9.90 Å². The molecule has 19 heavy (non-hydrogen) atoms.